The van der Waals surface area contributed by atoms with E-state index in [1.165, 1.54) is 0 Å². The molecule has 0 saturated heterocycles. The molecule has 2 atom stereocenters. The van der Waals surface area contributed by atoms with Crippen LogP contribution in [-0.2, 0) is 4.79 Å². The summed E-state index contributed by atoms with van der Waals surface area (Å²) in [4.78, 5) is 11.3. The maximum absolute atomic E-state index is 11.3. The smallest absolute Gasteiger partial charge is 0.136 e. The number of carbonyl (C=O) groups excluding carboxylic acids is 1. The van der Waals surface area contributed by atoms with Gasteiger partial charge >= 0.3 is 0 Å². The Kier molecular flexibility index (Phi) is 5.35. The molecule has 0 aliphatic carbocycles. The molecular formula is C11H18O. The van der Waals surface area contributed by atoms with E-state index in [0.717, 1.165) is 0 Å². The second-order valence-electron chi connectivity index (χ2n) is 2.95. The van der Waals surface area contributed by atoms with Crippen molar-refractivity contribution in [1.29, 1.82) is 0 Å². The highest BCUT2D eigenvalue weighted by Crippen LogP contribution is 2.16. The third-order valence-corrected chi connectivity index (χ3v) is 2.12. The number of rotatable bonds is 5. The van der Waals surface area contributed by atoms with E-state index in [9.17, 15) is 4.79 Å². The number of hydrogen-bond acceptors (Lipinski definition) is 1. The van der Waals surface area contributed by atoms with Crippen LogP contribution in [0.15, 0.2) is 24.8 Å². The number of hydrogen-bond donors (Lipinski definition) is 0. The van der Waals surface area contributed by atoms with Crippen LogP contribution in [0.5, 0.6) is 0 Å². The third-order valence-electron chi connectivity index (χ3n) is 2.12. The number of allylic oxidation sites excluding steroid dienone is 3. The van der Waals surface area contributed by atoms with Gasteiger partial charge in [0.05, 0.1) is 0 Å². The molecule has 1 nitrogen and oxygen atoms in total. The van der Waals surface area contributed by atoms with Gasteiger partial charge < -0.3 is 0 Å². The van der Waals surface area contributed by atoms with E-state index in [4.69, 9.17) is 0 Å². The molecule has 0 N–H and O–H groups in total. The molecular weight excluding hydrogens is 148 g/mol. The SMILES string of the molecule is C=CC(/C=C/C)[C@H](C)C(=O)CC. The molecule has 0 saturated carbocycles. The molecule has 0 radical (unpaired) electrons. The van der Waals surface area contributed by atoms with Crippen molar-refractivity contribution in [3.63, 3.8) is 0 Å². The Morgan fingerprint density at radius 2 is 2.17 bits per heavy atom. The van der Waals surface area contributed by atoms with Crippen LogP contribution >= 0.6 is 0 Å². The molecule has 0 bridgehead atoms. The lowest BCUT2D eigenvalue weighted by Crippen LogP contribution is -2.16. The minimum atomic E-state index is 0.0729. The van der Waals surface area contributed by atoms with Crippen LogP contribution in [0.3, 0.4) is 0 Å². The lowest BCUT2D eigenvalue weighted by atomic mass is 9.89. The van der Waals surface area contributed by atoms with Gasteiger partial charge in [-0.1, -0.05) is 32.1 Å². The zero-order chi connectivity index (χ0) is 9.56. The van der Waals surface area contributed by atoms with Crippen LogP contribution in [-0.4, -0.2) is 5.78 Å². The summed E-state index contributed by atoms with van der Waals surface area (Å²) in [7, 11) is 0. The molecule has 0 heterocycles. The number of ketones is 1. The zero-order valence-corrected chi connectivity index (χ0v) is 8.21. The highest BCUT2D eigenvalue weighted by atomic mass is 16.1. The van der Waals surface area contributed by atoms with Crippen LogP contribution in [0.4, 0.5) is 0 Å². The predicted octanol–water partition coefficient (Wildman–Crippen LogP) is 2.98. The van der Waals surface area contributed by atoms with Gasteiger partial charge in [0.15, 0.2) is 0 Å². The van der Waals surface area contributed by atoms with Gasteiger partial charge in [-0.15, -0.1) is 6.58 Å². The van der Waals surface area contributed by atoms with Crippen LogP contribution in [0.2, 0.25) is 0 Å². The van der Waals surface area contributed by atoms with Gasteiger partial charge in [0.25, 0.3) is 0 Å². The molecule has 0 aliphatic heterocycles. The van der Waals surface area contributed by atoms with Crippen molar-refractivity contribution >= 4 is 5.78 Å². The van der Waals surface area contributed by atoms with Crippen molar-refractivity contribution in [2.24, 2.45) is 11.8 Å². The predicted molar refractivity (Wildman–Crippen MR) is 53.0 cm³/mol. The van der Waals surface area contributed by atoms with Gasteiger partial charge in [-0.05, 0) is 6.92 Å². The van der Waals surface area contributed by atoms with Crippen molar-refractivity contribution in [3.05, 3.63) is 24.8 Å². The Morgan fingerprint density at radius 3 is 2.50 bits per heavy atom. The average Bonchev–Trinajstić information content (AvgIpc) is 2.11. The van der Waals surface area contributed by atoms with E-state index in [-0.39, 0.29) is 11.8 Å². The second kappa shape index (κ2) is 5.76. The molecule has 0 rings (SSSR count). The van der Waals surface area contributed by atoms with E-state index < -0.39 is 0 Å². The first-order valence-electron chi connectivity index (χ1n) is 4.45. The van der Waals surface area contributed by atoms with Gasteiger partial charge in [0.2, 0.25) is 0 Å². The maximum atomic E-state index is 11.3. The lowest BCUT2D eigenvalue weighted by molar-refractivity contribution is -0.122. The summed E-state index contributed by atoms with van der Waals surface area (Å²) < 4.78 is 0. The fourth-order valence-electron chi connectivity index (χ4n) is 1.21. The van der Waals surface area contributed by atoms with E-state index in [1.54, 1.807) is 0 Å². The van der Waals surface area contributed by atoms with Crippen LogP contribution in [0.1, 0.15) is 27.2 Å². The summed E-state index contributed by atoms with van der Waals surface area (Å²) in [5.74, 6) is 0.573. The average molecular weight is 166 g/mol. The molecule has 0 amide bonds. The Bertz CT molecular complexity index is 179. The standard InChI is InChI=1S/C11H18O/c1-5-8-10(6-2)9(4)11(12)7-3/h5-6,8-10H,2,7H2,1,3-4H3/b8-5+/t9-,10?/m0/s1. The summed E-state index contributed by atoms with van der Waals surface area (Å²) in [5.41, 5.74) is 0. The first kappa shape index (κ1) is 11.2. The molecule has 0 spiro atoms. The Labute approximate surface area is 75.2 Å². The molecule has 68 valence electrons. The summed E-state index contributed by atoms with van der Waals surface area (Å²) in [6.07, 6.45) is 6.43. The minimum Gasteiger partial charge on any atom is -0.299 e. The van der Waals surface area contributed by atoms with Gasteiger partial charge in [-0.25, -0.2) is 0 Å². The van der Waals surface area contributed by atoms with Crippen molar-refractivity contribution < 1.29 is 4.79 Å². The van der Waals surface area contributed by atoms with Crippen molar-refractivity contribution in [2.75, 3.05) is 0 Å². The molecule has 1 heteroatoms. The van der Waals surface area contributed by atoms with E-state index in [0.29, 0.717) is 12.2 Å². The lowest BCUT2D eigenvalue weighted by Gasteiger charge is -2.14. The van der Waals surface area contributed by atoms with Gasteiger partial charge in [0.1, 0.15) is 5.78 Å². The zero-order valence-electron chi connectivity index (χ0n) is 8.21. The molecule has 0 fully saturated rings. The fraction of sp³-hybridized carbons (Fsp3) is 0.545. The summed E-state index contributed by atoms with van der Waals surface area (Å²) in [6.45, 7) is 9.53. The van der Waals surface area contributed by atoms with Crippen LogP contribution in [0, 0.1) is 11.8 Å². The maximum Gasteiger partial charge on any atom is 0.136 e. The number of carbonyl (C=O) groups is 1. The van der Waals surface area contributed by atoms with Crippen LogP contribution < -0.4 is 0 Å². The summed E-state index contributed by atoms with van der Waals surface area (Å²) in [5, 5.41) is 0. The molecule has 1 unspecified atom stereocenters. The summed E-state index contributed by atoms with van der Waals surface area (Å²) in [6, 6.07) is 0. The third kappa shape index (κ3) is 3.04. The Balaban J connectivity index is 4.29. The van der Waals surface area contributed by atoms with Gasteiger partial charge in [0, 0.05) is 18.3 Å². The molecule has 12 heavy (non-hydrogen) atoms. The Hall–Kier alpha value is -0.850. The van der Waals surface area contributed by atoms with Gasteiger partial charge in [-0.2, -0.15) is 0 Å². The summed E-state index contributed by atoms with van der Waals surface area (Å²) >= 11 is 0. The first-order valence-corrected chi connectivity index (χ1v) is 4.45. The molecule has 0 aromatic carbocycles. The monoisotopic (exact) mass is 166 g/mol. The normalized spacial score (nSPS) is 15.9. The van der Waals surface area contributed by atoms with E-state index >= 15 is 0 Å². The molecule has 0 aliphatic rings. The Morgan fingerprint density at radius 1 is 1.58 bits per heavy atom. The largest absolute Gasteiger partial charge is 0.299 e. The number of Topliss-reactive ketones (excluding diaryl/α,β-unsaturated/α-hetero) is 1. The van der Waals surface area contributed by atoms with Gasteiger partial charge in [-0.3, -0.25) is 4.79 Å². The van der Waals surface area contributed by atoms with Crippen molar-refractivity contribution in [3.8, 4) is 0 Å². The topological polar surface area (TPSA) is 17.1 Å². The first-order chi connectivity index (χ1) is 5.67. The molecule has 0 aromatic heterocycles. The molecule has 0 aromatic rings. The highest BCUT2D eigenvalue weighted by molar-refractivity contribution is 5.81. The fourth-order valence-corrected chi connectivity index (χ4v) is 1.21. The quantitative estimate of drug-likeness (QED) is 0.574. The van der Waals surface area contributed by atoms with Crippen LogP contribution in [0.25, 0.3) is 0 Å². The van der Waals surface area contributed by atoms with Crippen molar-refractivity contribution in [1.82, 2.24) is 0 Å². The van der Waals surface area contributed by atoms with Crippen molar-refractivity contribution in [2.45, 2.75) is 27.2 Å². The minimum absolute atomic E-state index is 0.0729. The van der Waals surface area contributed by atoms with E-state index in [1.807, 2.05) is 39.0 Å². The second-order valence-corrected chi connectivity index (χ2v) is 2.95. The highest BCUT2D eigenvalue weighted by Gasteiger charge is 2.16. The van der Waals surface area contributed by atoms with E-state index in [2.05, 4.69) is 6.58 Å².